The monoisotopic (exact) mass is 258 g/mol. The number of carbonyl (C=O) groups excluding carboxylic acids is 1. The number of aromatic nitrogens is 2. The van der Waals surface area contributed by atoms with E-state index in [2.05, 4.69) is 9.97 Å². The van der Waals surface area contributed by atoms with E-state index in [0.717, 1.165) is 11.0 Å². The van der Waals surface area contributed by atoms with E-state index in [0.29, 0.717) is 18.0 Å². The third kappa shape index (κ3) is 2.21. The fraction of sp³-hybridized carbons (Fsp3) is 0.429. The van der Waals surface area contributed by atoms with Crippen LogP contribution in [0.2, 0.25) is 0 Å². The molecule has 0 spiro atoms. The number of fused-ring (bicyclic) bond motifs is 1. The normalized spacial score (nSPS) is 16.5. The maximum Gasteiger partial charge on any atom is 0.253 e. The van der Waals surface area contributed by atoms with Crippen LogP contribution in [-0.2, 0) is 0 Å². The highest BCUT2D eigenvalue weighted by molar-refractivity contribution is 5.97. The summed E-state index contributed by atoms with van der Waals surface area (Å²) in [6.07, 6.45) is 3.99. The Morgan fingerprint density at radius 3 is 3.05 bits per heavy atom. The minimum absolute atomic E-state index is 0.0267. The largest absolute Gasteiger partial charge is 0.345 e. The van der Waals surface area contributed by atoms with Crippen LogP contribution in [0.15, 0.2) is 24.5 Å². The van der Waals surface area contributed by atoms with Crippen molar-refractivity contribution in [2.75, 3.05) is 13.6 Å². The van der Waals surface area contributed by atoms with Crippen molar-refractivity contribution in [1.29, 1.82) is 0 Å². The topological polar surface area (TPSA) is 75.0 Å². The molecule has 3 N–H and O–H groups in total. The summed E-state index contributed by atoms with van der Waals surface area (Å²) in [6, 6.07) is 5.69. The smallest absolute Gasteiger partial charge is 0.253 e. The zero-order chi connectivity index (χ0) is 13.4. The van der Waals surface area contributed by atoms with Crippen molar-refractivity contribution in [3.05, 3.63) is 30.1 Å². The number of hydrogen-bond donors (Lipinski definition) is 2. The lowest BCUT2D eigenvalue weighted by molar-refractivity contribution is 0.0719. The van der Waals surface area contributed by atoms with Gasteiger partial charge in [-0.3, -0.25) is 4.79 Å². The van der Waals surface area contributed by atoms with Crippen LogP contribution in [0.1, 0.15) is 23.2 Å². The van der Waals surface area contributed by atoms with Crippen molar-refractivity contribution < 1.29 is 4.79 Å². The quantitative estimate of drug-likeness (QED) is 0.869. The van der Waals surface area contributed by atoms with Crippen molar-refractivity contribution in [3.8, 4) is 0 Å². The molecule has 2 aromatic rings. The first-order chi connectivity index (χ1) is 9.20. The summed E-state index contributed by atoms with van der Waals surface area (Å²) in [4.78, 5) is 21.4. The van der Waals surface area contributed by atoms with Crippen LogP contribution in [0.4, 0.5) is 0 Å². The number of amides is 1. The van der Waals surface area contributed by atoms with E-state index >= 15 is 0 Å². The number of aromatic amines is 1. The highest BCUT2D eigenvalue weighted by Crippen LogP contribution is 2.35. The molecular formula is C14H18N4O. The van der Waals surface area contributed by atoms with Crippen molar-refractivity contribution in [2.45, 2.75) is 18.9 Å². The average molecular weight is 258 g/mol. The first-order valence-corrected chi connectivity index (χ1v) is 6.61. The lowest BCUT2D eigenvalue weighted by Gasteiger charge is -2.27. The molecule has 1 atom stereocenters. The summed E-state index contributed by atoms with van der Waals surface area (Å²) in [5.41, 5.74) is 8.23. The van der Waals surface area contributed by atoms with Crippen LogP contribution in [0, 0.1) is 5.92 Å². The molecule has 1 fully saturated rings. The zero-order valence-electron chi connectivity index (χ0n) is 11.0. The molecule has 1 aromatic heterocycles. The molecule has 19 heavy (non-hydrogen) atoms. The number of rotatable bonds is 4. The lowest BCUT2D eigenvalue weighted by Crippen LogP contribution is -2.43. The molecule has 1 amide bonds. The van der Waals surface area contributed by atoms with Crippen LogP contribution >= 0.6 is 0 Å². The van der Waals surface area contributed by atoms with Gasteiger partial charge in [-0.1, -0.05) is 0 Å². The van der Waals surface area contributed by atoms with Crippen molar-refractivity contribution >= 4 is 16.9 Å². The molecule has 5 heteroatoms. The van der Waals surface area contributed by atoms with E-state index in [1.807, 2.05) is 25.2 Å². The van der Waals surface area contributed by atoms with E-state index in [9.17, 15) is 4.79 Å². The predicted octanol–water partition coefficient (Wildman–Crippen LogP) is 1.37. The second kappa shape index (κ2) is 4.66. The Kier molecular flexibility index (Phi) is 2.98. The van der Waals surface area contributed by atoms with Gasteiger partial charge in [0.05, 0.1) is 17.4 Å². The fourth-order valence-electron chi connectivity index (χ4n) is 2.57. The van der Waals surface area contributed by atoms with Gasteiger partial charge in [-0.2, -0.15) is 0 Å². The fourth-order valence-corrected chi connectivity index (χ4v) is 2.57. The number of imidazole rings is 1. The van der Waals surface area contributed by atoms with Gasteiger partial charge in [0.1, 0.15) is 0 Å². The Morgan fingerprint density at radius 2 is 2.37 bits per heavy atom. The molecule has 5 nitrogen and oxygen atoms in total. The number of likely N-dealkylation sites (N-methyl/N-ethyl adjacent to an activating group) is 1. The van der Waals surface area contributed by atoms with E-state index in [1.165, 1.54) is 12.8 Å². The standard InChI is InChI=1S/C14H18N4O/c1-18(13(7-15)9-2-3-9)14(19)10-4-5-11-12(6-10)17-8-16-11/h4-6,8-9,13H,2-3,7,15H2,1H3,(H,16,17). The van der Waals surface area contributed by atoms with Gasteiger partial charge in [0.15, 0.2) is 0 Å². The second-order valence-electron chi connectivity index (χ2n) is 5.19. The molecule has 0 saturated heterocycles. The number of nitrogens with one attached hydrogen (secondary N) is 1. The van der Waals surface area contributed by atoms with E-state index in [-0.39, 0.29) is 11.9 Å². The maximum atomic E-state index is 12.5. The minimum Gasteiger partial charge on any atom is -0.345 e. The Morgan fingerprint density at radius 1 is 1.58 bits per heavy atom. The minimum atomic E-state index is 0.0267. The third-order valence-electron chi connectivity index (χ3n) is 3.89. The molecule has 1 aliphatic carbocycles. The van der Waals surface area contributed by atoms with Crippen LogP contribution < -0.4 is 5.73 Å². The highest BCUT2D eigenvalue weighted by Gasteiger charge is 2.35. The van der Waals surface area contributed by atoms with Gasteiger partial charge in [-0.15, -0.1) is 0 Å². The summed E-state index contributed by atoms with van der Waals surface area (Å²) in [6.45, 7) is 0.527. The zero-order valence-corrected chi connectivity index (χ0v) is 11.0. The van der Waals surface area contributed by atoms with Crippen molar-refractivity contribution in [3.63, 3.8) is 0 Å². The van der Waals surface area contributed by atoms with Gasteiger partial charge in [0.25, 0.3) is 5.91 Å². The van der Waals surface area contributed by atoms with E-state index < -0.39 is 0 Å². The van der Waals surface area contributed by atoms with Gasteiger partial charge in [0.2, 0.25) is 0 Å². The van der Waals surface area contributed by atoms with Gasteiger partial charge in [-0.25, -0.2) is 4.98 Å². The molecule has 1 heterocycles. The molecule has 3 rings (SSSR count). The first kappa shape index (κ1) is 12.2. The summed E-state index contributed by atoms with van der Waals surface area (Å²) in [5.74, 6) is 0.605. The van der Waals surface area contributed by atoms with Gasteiger partial charge < -0.3 is 15.6 Å². The predicted molar refractivity (Wildman–Crippen MR) is 73.8 cm³/mol. The van der Waals surface area contributed by atoms with Crippen molar-refractivity contribution in [1.82, 2.24) is 14.9 Å². The van der Waals surface area contributed by atoms with Crippen molar-refractivity contribution in [2.24, 2.45) is 11.7 Å². The Balaban J connectivity index is 1.85. The Labute approximate surface area is 111 Å². The van der Waals surface area contributed by atoms with Gasteiger partial charge in [0, 0.05) is 25.2 Å². The third-order valence-corrected chi connectivity index (χ3v) is 3.89. The van der Waals surface area contributed by atoms with Gasteiger partial charge >= 0.3 is 0 Å². The Hall–Kier alpha value is -1.88. The highest BCUT2D eigenvalue weighted by atomic mass is 16.2. The number of nitrogens with two attached hydrogens (primary N) is 1. The molecule has 0 aliphatic heterocycles. The van der Waals surface area contributed by atoms with E-state index in [4.69, 9.17) is 5.73 Å². The number of H-pyrrole nitrogens is 1. The Bertz CT molecular complexity index is 602. The number of benzene rings is 1. The number of nitrogens with zero attached hydrogens (tertiary/aromatic N) is 2. The van der Waals surface area contributed by atoms with E-state index in [1.54, 1.807) is 11.2 Å². The van der Waals surface area contributed by atoms with Crippen LogP contribution in [0.5, 0.6) is 0 Å². The number of carbonyl (C=O) groups is 1. The molecular weight excluding hydrogens is 240 g/mol. The summed E-state index contributed by atoms with van der Waals surface area (Å²) in [7, 11) is 1.84. The summed E-state index contributed by atoms with van der Waals surface area (Å²) < 4.78 is 0. The molecule has 1 unspecified atom stereocenters. The molecule has 0 radical (unpaired) electrons. The summed E-state index contributed by atoms with van der Waals surface area (Å²) >= 11 is 0. The SMILES string of the molecule is CN(C(=O)c1ccc2nc[nH]c2c1)C(CN)C1CC1. The van der Waals surface area contributed by atoms with Crippen LogP contribution in [-0.4, -0.2) is 40.4 Å². The second-order valence-corrected chi connectivity index (χ2v) is 5.19. The lowest BCUT2D eigenvalue weighted by atomic mass is 10.1. The first-order valence-electron chi connectivity index (χ1n) is 6.61. The summed E-state index contributed by atoms with van der Waals surface area (Å²) in [5, 5.41) is 0. The van der Waals surface area contributed by atoms with Crippen LogP contribution in [0.25, 0.3) is 11.0 Å². The average Bonchev–Trinajstić information content (AvgIpc) is 3.15. The van der Waals surface area contributed by atoms with Crippen LogP contribution in [0.3, 0.4) is 0 Å². The molecule has 100 valence electrons. The molecule has 0 bridgehead atoms. The maximum absolute atomic E-state index is 12.5. The number of hydrogen-bond acceptors (Lipinski definition) is 3. The molecule has 1 aromatic carbocycles. The molecule has 1 aliphatic rings. The van der Waals surface area contributed by atoms with Gasteiger partial charge in [-0.05, 0) is 37.0 Å². The molecule has 1 saturated carbocycles.